The van der Waals surface area contributed by atoms with Gasteiger partial charge in [0, 0.05) is 20.0 Å². The minimum absolute atomic E-state index is 0.113. The lowest BCUT2D eigenvalue weighted by Crippen LogP contribution is -2.43. The van der Waals surface area contributed by atoms with Crippen LogP contribution in [0.1, 0.15) is 61.7 Å². The number of carbonyl (C=O) groups excluding carboxylic acids is 2. The zero-order valence-corrected chi connectivity index (χ0v) is 13.7. The van der Waals surface area contributed by atoms with Gasteiger partial charge in [-0.15, -0.1) is 0 Å². The molecule has 1 aliphatic rings. The molecule has 122 valence electrons. The van der Waals surface area contributed by atoms with E-state index in [9.17, 15) is 9.59 Å². The summed E-state index contributed by atoms with van der Waals surface area (Å²) in [5.41, 5.74) is 0.681. The molecule has 1 aliphatic heterocycles. The fourth-order valence-electron chi connectivity index (χ4n) is 2.75. The number of hydrogen-bond acceptors (Lipinski definition) is 5. The van der Waals surface area contributed by atoms with Crippen LogP contribution in [-0.2, 0) is 9.53 Å². The molecule has 1 amide bonds. The van der Waals surface area contributed by atoms with Crippen molar-refractivity contribution in [1.29, 1.82) is 0 Å². The maximum atomic E-state index is 12.7. The second-order valence-corrected chi connectivity index (χ2v) is 5.94. The number of aromatic nitrogens is 1. The Hall–Kier alpha value is -1.85. The van der Waals surface area contributed by atoms with Crippen LogP contribution in [0.5, 0.6) is 0 Å². The Balaban J connectivity index is 2.14. The summed E-state index contributed by atoms with van der Waals surface area (Å²) in [4.78, 5) is 30.6. The topological polar surface area (TPSA) is 72.6 Å². The van der Waals surface area contributed by atoms with E-state index >= 15 is 0 Å². The third-order valence-corrected chi connectivity index (χ3v) is 3.83. The van der Waals surface area contributed by atoms with Gasteiger partial charge in [0.05, 0.1) is 18.2 Å². The van der Waals surface area contributed by atoms with Crippen LogP contribution in [-0.4, -0.2) is 41.5 Å². The van der Waals surface area contributed by atoms with Crippen LogP contribution >= 0.6 is 0 Å². The number of carbonyl (C=O) groups is 2. The van der Waals surface area contributed by atoms with Gasteiger partial charge in [-0.05, 0) is 25.7 Å². The number of piperidine rings is 1. The van der Waals surface area contributed by atoms with Gasteiger partial charge in [0.15, 0.2) is 5.89 Å². The highest BCUT2D eigenvalue weighted by Crippen LogP contribution is 2.24. The highest BCUT2D eigenvalue weighted by atomic mass is 16.5. The lowest BCUT2D eigenvalue weighted by Gasteiger charge is -2.31. The lowest BCUT2D eigenvalue weighted by atomic mass is 9.97. The van der Waals surface area contributed by atoms with E-state index in [2.05, 4.69) is 4.98 Å². The predicted molar refractivity (Wildman–Crippen MR) is 80.6 cm³/mol. The molecule has 0 aromatic carbocycles. The van der Waals surface area contributed by atoms with Crippen LogP contribution in [0.4, 0.5) is 0 Å². The summed E-state index contributed by atoms with van der Waals surface area (Å²) in [5.74, 6) is 0.255. The Bertz CT molecular complexity index is 550. The van der Waals surface area contributed by atoms with Crippen LogP contribution in [0.2, 0.25) is 0 Å². The highest BCUT2D eigenvalue weighted by Gasteiger charge is 2.32. The van der Waals surface area contributed by atoms with E-state index < -0.39 is 0 Å². The van der Waals surface area contributed by atoms with Crippen molar-refractivity contribution in [2.45, 2.75) is 46.5 Å². The molecule has 6 nitrogen and oxygen atoms in total. The monoisotopic (exact) mass is 308 g/mol. The van der Waals surface area contributed by atoms with Crippen molar-refractivity contribution in [1.82, 2.24) is 9.88 Å². The molecular formula is C16H24N2O4. The smallest absolute Gasteiger partial charge is 0.310 e. The quantitative estimate of drug-likeness (QED) is 0.799. The summed E-state index contributed by atoms with van der Waals surface area (Å²) in [6.07, 6.45) is 1.55. The SMILES string of the molecule is CCOC(=O)C1CCCN(C(=O)c2oc(C)nc2C(C)C)C1. The van der Waals surface area contributed by atoms with Crippen molar-refractivity contribution in [3.8, 4) is 0 Å². The Labute approximate surface area is 130 Å². The Morgan fingerprint density at radius 3 is 2.82 bits per heavy atom. The summed E-state index contributed by atoms with van der Waals surface area (Å²) < 4.78 is 10.6. The van der Waals surface area contributed by atoms with E-state index in [0.717, 1.165) is 12.8 Å². The van der Waals surface area contributed by atoms with Crippen LogP contribution in [0.25, 0.3) is 0 Å². The molecule has 1 atom stereocenters. The molecule has 1 aromatic heterocycles. The first-order valence-corrected chi connectivity index (χ1v) is 7.87. The molecule has 1 fully saturated rings. The van der Waals surface area contributed by atoms with Gasteiger partial charge in [-0.25, -0.2) is 4.98 Å². The molecule has 0 aliphatic carbocycles. The van der Waals surface area contributed by atoms with Crippen LogP contribution in [0.15, 0.2) is 4.42 Å². The number of ether oxygens (including phenoxy) is 1. The maximum Gasteiger partial charge on any atom is 0.310 e. The Morgan fingerprint density at radius 1 is 1.45 bits per heavy atom. The normalized spacial score (nSPS) is 18.6. The van der Waals surface area contributed by atoms with E-state index in [0.29, 0.717) is 37.0 Å². The van der Waals surface area contributed by atoms with Crippen molar-refractivity contribution in [3.05, 3.63) is 17.3 Å². The molecule has 1 aromatic rings. The summed E-state index contributed by atoms with van der Waals surface area (Å²) in [6, 6.07) is 0. The van der Waals surface area contributed by atoms with Crippen molar-refractivity contribution < 1.29 is 18.7 Å². The lowest BCUT2D eigenvalue weighted by molar-refractivity contribution is -0.149. The molecule has 22 heavy (non-hydrogen) atoms. The summed E-state index contributed by atoms with van der Waals surface area (Å²) >= 11 is 0. The third-order valence-electron chi connectivity index (χ3n) is 3.83. The fraction of sp³-hybridized carbons (Fsp3) is 0.688. The number of amides is 1. The number of aryl methyl sites for hydroxylation is 1. The fourth-order valence-corrected chi connectivity index (χ4v) is 2.75. The van der Waals surface area contributed by atoms with Gasteiger partial charge in [0.25, 0.3) is 5.91 Å². The zero-order valence-electron chi connectivity index (χ0n) is 13.7. The highest BCUT2D eigenvalue weighted by molar-refractivity contribution is 5.93. The predicted octanol–water partition coefficient (Wildman–Crippen LogP) is 2.52. The van der Waals surface area contributed by atoms with Crippen LogP contribution in [0.3, 0.4) is 0 Å². The molecule has 6 heteroatoms. The van der Waals surface area contributed by atoms with Gasteiger partial charge < -0.3 is 14.1 Å². The summed E-state index contributed by atoms with van der Waals surface area (Å²) in [5, 5.41) is 0. The second kappa shape index (κ2) is 6.94. The van der Waals surface area contributed by atoms with Gasteiger partial charge in [-0.1, -0.05) is 13.8 Å². The minimum atomic E-state index is -0.246. The molecule has 2 heterocycles. The van der Waals surface area contributed by atoms with Gasteiger partial charge >= 0.3 is 5.97 Å². The molecule has 1 unspecified atom stereocenters. The third kappa shape index (κ3) is 3.48. The first-order valence-electron chi connectivity index (χ1n) is 7.87. The number of rotatable bonds is 4. The average Bonchev–Trinajstić information content (AvgIpc) is 2.89. The molecule has 1 saturated heterocycles. The van der Waals surface area contributed by atoms with Crippen molar-refractivity contribution in [2.24, 2.45) is 5.92 Å². The van der Waals surface area contributed by atoms with Gasteiger partial charge in [0.2, 0.25) is 5.76 Å². The molecule has 2 rings (SSSR count). The molecular weight excluding hydrogens is 284 g/mol. The van der Waals surface area contributed by atoms with Gasteiger partial charge in [0.1, 0.15) is 0 Å². The number of hydrogen-bond donors (Lipinski definition) is 0. The zero-order chi connectivity index (χ0) is 16.3. The Kier molecular flexibility index (Phi) is 5.21. The summed E-state index contributed by atoms with van der Waals surface area (Å²) in [6.45, 7) is 8.86. The van der Waals surface area contributed by atoms with Gasteiger partial charge in [-0.2, -0.15) is 0 Å². The van der Waals surface area contributed by atoms with Crippen LogP contribution in [0, 0.1) is 12.8 Å². The van der Waals surface area contributed by atoms with Crippen molar-refractivity contribution in [3.63, 3.8) is 0 Å². The number of nitrogens with zero attached hydrogens (tertiary/aromatic N) is 2. The molecule has 0 radical (unpaired) electrons. The first-order chi connectivity index (χ1) is 10.4. The number of esters is 1. The average molecular weight is 308 g/mol. The molecule has 0 N–H and O–H groups in total. The second-order valence-electron chi connectivity index (χ2n) is 5.94. The first kappa shape index (κ1) is 16.5. The Morgan fingerprint density at radius 2 is 2.18 bits per heavy atom. The van der Waals surface area contributed by atoms with E-state index in [-0.39, 0.29) is 23.7 Å². The maximum absolute atomic E-state index is 12.7. The summed E-state index contributed by atoms with van der Waals surface area (Å²) in [7, 11) is 0. The van der Waals surface area contributed by atoms with Crippen molar-refractivity contribution in [2.75, 3.05) is 19.7 Å². The standard InChI is InChI=1S/C16H24N2O4/c1-5-21-16(20)12-7-6-8-18(9-12)15(19)14-13(10(2)3)17-11(4)22-14/h10,12H,5-9H2,1-4H3. The largest absolute Gasteiger partial charge is 0.466 e. The molecule has 0 bridgehead atoms. The number of oxazole rings is 1. The van der Waals surface area contributed by atoms with Crippen molar-refractivity contribution >= 4 is 11.9 Å². The molecule has 0 spiro atoms. The van der Waals surface area contributed by atoms with E-state index in [4.69, 9.17) is 9.15 Å². The van der Waals surface area contributed by atoms with Gasteiger partial charge in [-0.3, -0.25) is 9.59 Å². The van der Waals surface area contributed by atoms with Crippen LogP contribution < -0.4 is 0 Å². The number of likely N-dealkylation sites (tertiary alicyclic amines) is 1. The van der Waals surface area contributed by atoms with E-state index in [1.54, 1.807) is 18.7 Å². The van der Waals surface area contributed by atoms with E-state index in [1.165, 1.54) is 0 Å². The minimum Gasteiger partial charge on any atom is -0.466 e. The van der Waals surface area contributed by atoms with E-state index in [1.807, 2.05) is 13.8 Å². The molecule has 0 saturated carbocycles.